The minimum absolute atomic E-state index is 0.254. The molecule has 0 saturated heterocycles. The maximum absolute atomic E-state index is 10.9. The van der Waals surface area contributed by atoms with Crippen LogP contribution in [0.3, 0.4) is 0 Å². The van der Waals surface area contributed by atoms with E-state index in [4.69, 9.17) is 43.4 Å². The van der Waals surface area contributed by atoms with Crippen LogP contribution < -0.4 is 22.9 Å². The Balaban J connectivity index is 0. The molecule has 7 unspecified atom stereocenters. The highest BCUT2D eigenvalue weighted by molar-refractivity contribution is 5.71. The minimum Gasteiger partial charge on any atom is -0.481 e. The van der Waals surface area contributed by atoms with Gasteiger partial charge >= 0.3 is 23.9 Å². The Morgan fingerprint density at radius 2 is 0.733 bits per heavy atom. The van der Waals surface area contributed by atoms with Gasteiger partial charge in [-0.3, -0.25) is 19.2 Å². The molecule has 356 valence electrons. The van der Waals surface area contributed by atoms with Gasteiger partial charge in [0.15, 0.2) is 0 Å². The average Bonchev–Trinajstić information content (AvgIpc) is 4.03. The second kappa shape index (κ2) is 37.3. The predicted octanol–water partition coefficient (Wildman–Crippen LogP) is 9.65. The molecule has 2 saturated carbocycles. The molecular formula is C48H96N4O8. The van der Waals surface area contributed by atoms with Gasteiger partial charge in [-0.25, -0.2) is 0 Å². The van der Waals surface area contributed by atoms with Crippen LogP contribution in [0.5, 0.6) is 0 Å². The number of carboxylic acids is 4. The highest BCUT2D eigenvalue weighted by atomic mass is 16.4. The van der Waals surface area contributed by atoms with Gasteiger partial charge in [-0.05, 0) is 92.8 Å². The highest BCUT2D eigenvalue weighted by Crippen LogP contribution is 2.36. The van der Waals surface area contributed by atoms with E-state index in [9.17, 15) is 19.2 Å². The molecule has 12 heteroatoms. The first-order valence-corrected chi connectivity index (χ1v) is 24.2. The summed E-state index contributed by atoms with van der Waals surface area (Å²) < 4.78 is 0. The van der Waals surface area contributed by atoms with Gasteiger partial charge in [-0.1, -0.05) is 138 Å². The Bertz CT molecular complexity index is 1080. The molecule has 0 aromatic heterocycles. The molecule has 0 spiro atoms. The summed E-state index contributed by atoms with van der Waals surface area (Å²) in [5.74, 6) is 0.904. The number of rotatable bonds is 32. The Hall–Kier alpha value is -2.28. The van der Waals surface area contributed by atoms with Crippen molar-refractivity contribution < 1.29 is 39.6 Å². The Labute approximate surface area is 366 Å². The fourth-order valence-corrected chi connectivity index (χ4v) is 8.04. The van der Waals surface area contributed by atoms with Gasteiger partial charge in [-0.15, -0.1) is 0 Å². The Morgan fingerprint density at radius 3 is 0.950 bits per heavy atom. The maximum atomic E-state index is 10.9. The third kappa shape index (κ3) is 29.9. The summed E-state index contributed by atoms with van der Waals surface area (Å²) in [6, 6.07) is 0. The summed E-state index contributed by atoms with van der Waals surface area (Å²) in [6.45, 7) is 16.3. The van der Waals surface area contributed by atoms with Crippen molar-refractivity contribution in [3.8, 4) is 0 Å². The van der Waals surface area contributed by atoms with E-state index in [1.54, 1.807) is 0 Å². The molecule has 0 amide bonds. The molecule has 2 aliphatic rings. The van der Waals surface area contributed by atoms with Gasteiger partial charge in [-0.2, -0.15) is 0 Å². The van der Waals surface area contributed by atoms with Gasteiger partial charge in [0.05, 0.1) is 23.7 Å². The quantitative estimate of drug-likeness (QED) is 0.0315. The van der Waals surface area contributed by atoms with E-state index in [1.165, 1.54) is 70.6 Å². The van der Waals surface area contributed by atoms with Crippen molar-refractivity contribution >= 4 is 23.9 Å². The van der Waals surface area contributed by atoms with E-state index < -0.39 is 23.9 Å². The summed E-state index contributed by atoms with van der Waals surface area (Å²) in [7, 11) is 0. The van der Waals surface area contributed by atoms with Crippen LogP contribution in [-0.2, 0) is 19.2 Å². The molecule has 0 radical (unpaired) electrons. The maximum Gasteiger partial charge on any atom is 0.307 e. The zero-order valence-electron chi connectivity index (χ0n) is 39.5. The Morgan fingerprint density at radius 1 is 0.433 bits per heavy atom. The van der Waals surface area contributed by atoms with E-state index >= 15 is 0 Å². The molecule has 12 nitrogen and oxygen atoms in total. The van der Waals surface area contributed by atoms with E-state index in [2.05, 4.69) is 48.5 Å². The van der Waals surface area contributed by atoms with Crippen molar-refractivity contribution in [3.05, 3.63) is 0 Å². The van der Waals surface area contributed by atoms with Crippen molar-refractivity contribution in [1.29, 1.82) is 0 Å². The van der Waals surface area contributed by atoms with E-state index in [-0.39, 0.29) is 49.9 Å². The lowest BCUT2D eigenvalue weighted by molar-refractivity contribution is -0.142. The van der Waals surface area contributed by atoms with Crippen molar-refractivity contribution in [1.82, 2.24) is 0 Å². The predicted molar refractivity (Wildman–Crippen MR) is 246 cm³/mol. The van der Waals surface area contributed by atoms with Crippen LogP contribution in [0.2, 0.25) is 0 Å². The van der Waals surface area contributed by atoms with Crippen LogP contribution in [0.15, 0.2) is 0 Å². The molecule has 12 N–H and O–H groups in total. The minimum atomic E-state index is -0.758. The van der Waals surface area contributed by atoms with Gasteiger partial charge in [0.1, 0.15) is 0 Å². The lowest BCUT2D eigenvalue weighted by Gasteiger charge is -2.27. The molecule has 7 atom stereocenters. The van der Waals surface area contributed by atoms with E-state index in [0.29, 0.717) is 36.0 Å². The molecule has 2 rings (SSSR count). The topological polar surface area (TPSA) is 253 Å². The monoisotopic (exact) mass is 857 g/mol. The fraction of sp³-hybridized carbons (Fsp3) is 0.917. The first kappa shape index (κ1) is 59.8. The molecule has 0 aromatic carbocycles. The summed E-state index contributed by atoms with van der Waals surface area (Å²) in [5, 5.41) is 35.4. The highest BCUT2D eigenvalue weighted by Gasteiger charge is 2.24. The molecule has 2 aliphatic carbocycles. The SMILES string of the molecule is CCC(CC)CCC(CN)C(=O)O.CCC(CCC(CN)C(=O)O)C(C)C.CCC(CCC1CC1)CCC(CN)C(=O)O.CCC(CCC1CCC1)CCC(CN)C(=O)O. The number of aliphatic carboxylic acids is 4. The van der Waals surface area contributed by atoms with Crippen molar-refractivity contribution in [3.63, 3.8) is 0 Å². The summed E-state index contributed by atoms with van der Waals surface area (Å²) in [5.41, 5.74) is 21.7. The Kier molecular flexibility index (Phi) is 37.2. The zero-order valence-corrected chi connectivity index (χ0v) is 39.5. The second-order valence-corrected chi connectivity index (χ2v) is 18.4. The van der Waals surface area contributed by atoms with Crippen LogP contribution in [0.25, 0.3) is 0 Å². The lowest BCUT2D eigenvalue weighted by Crippen LogP contribution is -2.24. The average molecular weight is 857 g/mol. The molecule has 0 heterocycles. The third-order valence-corrected chi connectivity index (χ3v) is 13.9. The number of hydrogen-bond donors (Lipinski definition) is 8. The lowest BCUT2D eigenvalue weighted by atomic mass is 9.79. The first-order chi connectivity index (χ1) is 28.5. The van der Waals surface area contributed by atoms with Crippen molar-refractivity contribution in [2.75, 3.05) is 26.2 Å². The van der Waals surface area contributed by atoms with E-state index in [0.717, 1.165) is 76.0 Å². The molecule has 60 heavy (non-hydrogen) atoms. The summed E-state index contributed by atoms with van der Waals surface area (Å²) in [4.78, 5) is 43.1. The number of hydrogen-bond acceptors (Lipinski definition) is 8. The molecule has 2 fully saturated rings. The van der Waals surface area contributed by atoms with Crippen molar-refractivity contribution in [2.24, 2.45) is 88.0 Å². The standard InChI is InChI=1S/C14H27NO2.C13H25NO2.C11H23NO2.C10H21NO2/c1-2-11(6-7-12-4-3-5-12)8-9-13(10-15)14(16)17;1-2-10(3-4-11-5-6-11)7-8-12(9-14)13(15)16;1-4-9(8(2)3)5-6-10(7-12)11(13)14;1-3-8(4-2)5-6-9(7-11)10(12)13/h11-13H,2-10,15H2,1H3,(H,16,17);10-12H,2-9,14H2,1H3,(H,15,16);8-10H,4-7,12H2,1-3H3,(H,13,14);8-9H,3-7,11H2,1-2H3,(H,12,13). The van der Waals surface area contributed by atoms with Crippen LogP contribution in [0.4, 0.5) is 0 Å². The molecule has 0 aromatic rings. The zero-order chi connectivity index (χ0) is 46.0. The van der Waals surface area contributed by atoms with E-state index in [1.807, 2.05) is 0 Å². The smallest absolute Gasteiger partial charge is 0.307 e. The normalized spacial score (nSPS) is 17.2. The van der Waals surface area contributed by atoms with Crippen LogP contribution in [0.1, 0.15) is 190 Å². The fourth-order valence-electron chi connectivity index (χ4n) is 8.04. The molecule has 0 aliphatic heterocycles. The largest absolute Gasteiger partial charge is 0.481 e. The van der Waals surface area contributed by atoms with Crippen LogP contribution in [-0.4, -0.2) is 70.5 Å². The molecule has 0 bridgehead atoms. The first-order valence-electron chi connectivity index (χ1n) is 24.2. The third-order valence-electron chi connectivity index (χ3n) is 13.9. The van der Waals surface area contributed by atoms with Gasteiger partial charge in [0.2, 0.25) is 0 Å². The summed E-state index contributed by atoms with van der Waals surface area (Å²) >= 11 is 0. The van der Waals surface area contributed by atoms with Crippen LogP contribution >= 0.6 is 0 Å². The molecular weight excluding hydrogens is 761 g/mol. The number of nitrogens with two attached hydrogens (primary N) is 4. The van der Waals surface area contributed by atoms with Gasteiger partial charge in [0.25, 0.3) is 0 Å². The number of carboxylic acid groups (broad SMARTS) is 4. The van der Waals surface area contributed by atoms with Crippen LogP contribution in [0, 0.1) is 65.1 Å². The summed E-state index contributed by atoms with van der Waals surface area (Å²) in [6.07, 6.45) is 25.0. The van der Waals surface area contributed by atoms with Gasteiger partial charge in [0, 0.05) is 26.2 Å². The van der Waals surface area contributed by atoms with Gasteiger partial charge < -0.3 is 43.4 Å². The van der Waals surface area contributed by atoms with Crippen molar-refractivity contribution in [2.45, 2.75) is 190 Å². The number of carbonyl (C=O) groups is 4. The second-order valence-electron chi connectivity index (χ2n) is 18.4.